The van der Waals surface area contributed by atoms with Gasteiger partial charge < -0.3 is 19.3 Å². The highest BCUT2D eigenvalue weighted by Crippen LogP contribution is 2.39. The number of aromatic hydroxyl groups is 1. The normalized spacial score (nSPS) is 10.4. The molecule has 28 heavy (non-hydrogen) atoms. The topological polar surface area (TPSA) is 76.6 Å². The lowest BCUT2D eigenvalue weighted by atomic mass is 10.1. The summed E-state index contributed by atoms with van der Waals surface area (Å²) in [5.41, 5.74) is 2.31. The number of benzene rings is 2. The molecular formula is C22H24N2O4. The van der Waals surface area contributed by atoms with Gasteiger partial charge in [0.05, 0.1) is 12.8 Å². The van der Waals surface area contributed by atoms with Crippen molar-refractivity contribution in [2.75, 3.05) is 13.2 Å². The number of hydrogen-bond donors (Lipinski definition) is 2. The van der Waals surface area contributed by atoms with Gasteiger partial charge in [0.1, 0.15) is 23.8 Å². The monoisotopic (exact) mass is 380 g/mol. The number of para-hydroxylation sites is 2. The van der Waals surface area contributed by atoms with Crippen LogP contribution in [0.1, 0.15) is 20.8 Å². The summed E-state index contributed by atoms with van der Waals surface area (Å²) in [6, 6.07) is 12.6. The molecule has 0 unspecified atom stereocenters. The fourth-order valence-corrected chi connectivity index (χ4v) is 2.59. The molecule has 0 saturated heterocycles. The highest BCUT2D eigenvalue weighted by molar-refractivity contribution is 5.73. The summed E-state index contributed by atoms with van der Waals surface area (Å²) in [6.07, 6.45) is 3.54. The number of nitrogens with zero attached hydrogens (tertiary/aromatic N) is 1. The lowest BCUT2D eigenvalue weighted by Crippen LogP contribution is -1.95. The molecule has 0 aliphatic rings. The minimum atomic E-state index is 0.0712. The van der Waals surface area contributed by atoms with Gasteiger partial charge in [-0.2, -0.15) is 5.10 Å². The number of hydrogen-bond acceptors (Lipinski definition) is 5. The van der Waals surface area contributed by atoms with Crippen molar-refractivity contribution in [3.05, 3.63) is 60.3 Å². The molecule has 0 atom stereocenters. The van der Waals surface area contributed by atoms with Gasteiger partial charge in [0.15, 0.2) is 17.2 Å². The minimum Gasteiger partial charge on any atom is -0.507 e. The van der Waals surface area contributed by atoms with Crippen LogP contribution < -0.4 is 14.2 Å². The third-order valence-electron chi connectivity index (χ3n) is 3.95. The first kappa shape index (κ1) is 19.4. The first-order valence-corrected chi connectivity index (χ1v) is 9.11. The molecule has 3 aromatic rings. The van der Waals surface area contributed by atoms with Crippen molar-refractivity contribution >= 4 is 0 Å². The Kier molecular flexibility index (Phi) is 6.22. The average Bonchev–Trinajstić information content (AvgIpc) is 3.11. The number of aromatic nitrogens is 2. The van der Waals surface area contributed by atoms with Gasteiger partial charge >= 0.3 is 0 Å². The number of phenolic OH excluding ortho intramolecular Hbond substituents is 1. The van der Waals surface area contributed by atoms with Crippen LogP contribution in [0.5, 0.6) is 28.7 Å². The van der Waals surface area contributed by atoms with Crippen LogP contribution in [0.15, 0.2) is 60.3 Å². The SMILES string of the molecule is CCOc1ccccc1Oc1cn[nH]c1-c1ccc(OCC=C(C)C)cc1O. The fourth-order valence-electron chi connectivity index (χ4n) is 2.59. The number of rotatable bonds is 8. The molecule has 0 amide bonds. The van der Waals surface area contributed by atoms with Crippen molar-refractivity contribution in [3.8, 4) is 40.0 Å². The second-order valence-electron chi connectivity index (χ2n) is 6.36. The summed E-state index contributed by atoms with van der Waals surface area (Å²) in [6.45, 7) is 6.92. The smallest absolute Gasteiger partial charge is 0.173 e. The Labute approximate surface area is 164 Å². The molecule has 2 N–H and O–H groups in total. The predicted octanol–water partition coefficient (Wildman–Crippen LogP) is 5.32. The van der Waals surface area contributed by atoms with Gasteiger partial charge in [0.25, 0.3) is 0 Å². The molecule has 0 saturated carbocycles. The average molecular weight is 380 g/mol. The van der Waals surface area contributed by atoms with E-state index in [1.807, 2.05) is 51.1 Å². The maximum absolute atomic E-state index is 10.5. The molecule has 1 aromatic heterocycles. The largest absolute Gasteiger partial charge is 0.507 e. The predicted molar refractivity (Wildman–Crippen MR) is 108 cm³/mol. The summed E-state index contributed by atoms with van der Waals surface area (Å²) in [4.78, 5) is 0. The number of phenols is 1. The van der Waals surface area contributed by atoms with Crippen molar-refractivity contribution in [1.82, 2.24) is 10.2 Å². The summed E-state index contributed by atoms with van der Waals surface area (Å²) in [5.74, 6) is 2.36. The molecule has 3 rings (SSSR count). The lowest BCUT2D eigenvalue weighted by Gasteiger charge is -2.12. The Morgan fingerprint density at radius 1 is 1.07 bits per heavy atom. The van der Waals surface area contributed by atoms with E-state index in [0.717, 1.165) is 0 Å². The zero-order valence-electron chi connectivity index (χ0n) is 16.2. The van der Waals surface area contributed by atoms with Crippen LogP contribution in [0.3, 0.4) is 0 Å². The standard InChI is InChI=1S/C22H24N2O4/c1-4-26-19-7-5-6-8-20(19)28-21-14-23-24-22(21)17-10-9-16(13-18(17)25)27-12-11-15(2)3/h5-11,13-14,25H,4,12H2,1-3H3,(H,23,24). The Morgan fingerprint density at radius 2 is 1.86 bits per heavy atom. The maximum atomic E-state index is 10.5. The molecule has 0 bridgehead atoms. The van der Waals surface area contributed by atoms with Gasteiger partial charge in [0.2, 0.25) is 0 Å². The first-order valence-electron chi connectivity index (χ1n) is 9.11. The van der Waals surface area contributed by atoms with Crippen LogP contribution in [-0.2, 0) is 0 Å². The number of aromatic amines is 1. The lowest BCUT2D eigenvalue weighted by molar-refractivity contribution is 0.321. The van der Waals surface area contributed by atoms with Gasteiger partial charge in [-0.3, -0.25) is 5.10 Å². The Bertz CT molecular complexity index is 959. The molecule has 6 nitrogen and oxygen atoms in total. The van der Waals surface area contributed by atoms with Crippen molar-refractivity contribution < 1.29 is 19.3 Å². The van der Waals surface area contributed by atoms with E-state index < -0.39 is 0 Å². The van der Waals surface area contributed by atoms with Crippen molar-refractivity contribution in [2.24, 2.45) is 0 Å². The number of H-pyrrole nitrogens is 1. The molecule has 2 aromatic carbocycles. The highest BCUT2D eigenvalue weighted by atomic mass is 16.5. The third-order valence-corrected chi connectivity index (χ3v) is 3.95. The fraction of sp³-hybridized carbons (Fsp3) is 0.227. The van der Waals surface area contributed by atoms with E-state index in [9.17, 15) is 5.11 Å². The van der Waals surface area contributed by atoms with Crippen LogP contribution in [0.2, 0.25) is 0 Å². The molecule has 0 aliphatic heterocycles. The van der Waals surface area contributed by atoms with Crippen molar-refractivity contribution in [1.29, 1.82) is 0 Å². The molecule has 6 heteroatoms. The maximum Gasteiger partial charge on any atom is 0.173 e. The highest BCUT2D eigenvalue weighted by Gasteiger charge is 2.16. The van der Waals surface area contributed by atoms with Gasteiger partial charge in [-0.25, -0.2) is 0 Å². The first-order chi connectivity index (χ1) is 13.6. The molecule has 0 spiro atoms. The van der Waals surface area contributed by atoms with Crippen LogP contribution in [-0.4, -0.2) is 28.5 Å². The van der Waals surface area contributed by atoms with E-state index >= 15 is 0 Å². The number of nitrogens with one attached hydrogen (secondary N) is 1. The second-order valence-corrected chi connectivity index (χ2v) is 6.36. The Balaban J connectivity index is 1.83. The summed E-state index contributed by atoms with van der Waals surface area (Å²) >= 11 is 0. The van der Waals surface area contributed by atoms with Crippen LogP contribution in [0.4, 0.5) is 0 Å². The molecule has 0 aliphatic carbocycles. The third kappa shape index (κ3) is 4.65. The summed E-state index contributed by atoms with van der Waals surface area (Å²) in [5, 5.41) is 17.4. The molecule has 0 fully saturated rings. The van der Waals surface area contributed by atoms with E-state index in [0.29, 0.717) is 47.5 Å². The Hall–Kier alpha value is -3.41. The van der Waals surface area contributed by atoms with Gasteiger partial charge in [-0.15, -0.1) is 0 Å². The van der Waals surface area contributed by atoms with Gasteiger partial charge in [-0.1, -0.05) is 17.7 Å². The van der Waals surface area contributed by atoms with E-state index in [2.05, 4.69) is 10.2 Å². The Morgan fingerprint density at radius 3 is 2.57 bits per heavy atom. The van der Waals surface area contributed by atoms with E-state index in [-0.39, 0.29) is 5.75 Å². The van der Waals surface area contributed by atoms with Gasteiger partial charge in [0, 0.05) is 11.6 Å². The van der Waals surface area contributed by atoms with Crippen LogP contribution >= 0.6 is 0 Å². The molecule has 0 radical (unpaired) electrons. The number of ether oxygens (including phenoxy) is 3. The minimum absolute atomic E-state index is 0.0712. The summed E-state index contributed by atoms with van der Waals surface area (Å²) < 4.78 is 17.2. The van der Waals surface area contributed by atoms with E-state index in [1.165, 1.54) is 5.57 Å². The van der Waals surface area contributed by atoms with Crippen LogP contribution in [0, 0.1) is 0 Å². The zero-order valence-corrected chi connectivity index (χ0v) is 16.2. The second kappa shape index (κ2) is 8.99. The van der Waals surface area contributed by atoms with E-state index in [1.54, 1.807) is 24.4 Å². The molecular weight excluding hydrogens is 356 g/mol. The number of allylic oxidation sites excluding steroid dienone is 1. The molecule has 146 valence electrons. The molecule has 1 heterocycles. The van der Waals surface area contributed by atoms with Crippen molar-refractivity contribution in [3.63, 3.8) is 0 Å². The van der Waals surface area contributed by atoms with Crippen molar-refractivity contribution in [2.45, 2.75) is 20.8 Å². The summed E-state index contributed by atoms with van der Waals surface area (Å²) in [7, 11) is 0. The van der Waals surface area contributed by atoms with Gasteiger partial charge in [-0.05, 0) is 51.1 Å². The quantitative estimate of drug-likeness (QED) is 0.517. The zero-order chi connectivity index (χ0) is 19.9. The van der Waals surface area contributed by atoms with E-state index in [4.69, 9.17) is 14.2 Å². The van der Waals surface area contributed by atoms with Crippen LogP contribution in [0.25, 0.3) is 11.3 Å².